The third kappa shape index (κ3) is 2.40. The zero-order valence-electron chi connectivity index (χ0n) is 9.35. The van der Waals surface area contributed by atoms with E-state index in [1.54, 1.807) is 0 Å². The van der Waals surface area contributed by atoms with Crippen molar-refractivity contribution >= 4 is 25.0 Å². The molecule has 94 valence electrons. The maximum absolute atomic E-state index is 13.6. The fourth-order valence-electron chi connectivity index (χ4n) is 1.92. The highest BCUT2D eigenvalue weighted by Gasteiger charge is 2.39. The van der Waals surface area contributed by atoms with Crippen molar-refractivity contribution in [3.8, 4) is 5.75 Å². The summed E-state index contributed by atoms with van der Waals surface area (Å²) in [7, 11) is -1.17. The number of hydrogen-bond acceptors (Lipinski definition) is 4. The van der Waals surface area contributed by atoms with Crippen LogP contribution in [0.15, 0.2) is 12.1 Å². The Morgan fingerprint density at radius 1 is 1.59 bits per heavy atom. The molecule has 0 fully saturated rings. The van der Waals surface area contributed by atoms with Gasteiger partial charge in [0.1, 0.15) is 11.6 Å². The summed E-state index contributed by atoms with van der Waals surface area (Å²) in [6.45, 7) is 2.38. The molecule has 0 saturated carbocycles. The fourth-order valence-corrected chi connectivity index (χ4v) is 1.92. The molecule has 2 rings (SSSR count). The lowest BCUT2D eigenvalue weighted by molar-refractivity contribution is 0.194. The summed E-state index contributed by atoms with van der Waals surface area (Å²) in [6, 6.07) is 2.79. The Labute approximate surface area is 105 Å². The minimum Gasteiger partial charge on any atom is -0.494 e. The van der Waals surface area contributed by atoms with Crippen molar-refractivity contribution in [2.75, 3.05) is 13.2 Å². The molecule has 0 aliphatic carbocycles. The zero-order valence-corrected chi connectivity index (χ0v) is 10.2. The zero-order chi connectivity index (χ0) is 11.7. The van der Waals surface area contributed by atoms with Crippen LogP contribution < -0.4 is 15.9 Å². The van der Waals surface area contributed by atoms with E-state index in [1.165, 1.54) is 12.1 Å². The molecule has 0 amide bonds. The van der Waals surface area contributed by atoms with Crippen LogP contribution in [0.5, 0.6) is 5.75 Å². The summed E-state index contributed by atoms with van der Waals surface area (Å²) in [4.78, 5) is 0. The third-order valence-corrected chi connectivity index (χ3v) is 2.57. The molecular weight excluding hydrogens is 247 g/mol. The SMILES string of the molecule is CCOc1ccc(F)c2c1B(O)O[C@@H]2CN.Cl. The van der Waals surface area contributed by atoms with Crippen LogP contribution in [0, 0.1) is 5.82 Å². The molecule has 1 heterocycles. The Kier molecular flexibility index (Phi) is 4.76. The van der Waals surface area contributed by atoms with E-state index in [0.29, 0.717) is 23.4 Å². The van der Waals surface area contributed by atoms with E-state index in [4.69, 9.17) is 15.1 Å². The lowest BCUT2D eigenvalue weighted by Gasteiger charge is -2.11. The first-order chi connectivity index (χ1) is 7.69. The quantitative estimate of drug-likeness (QED) is 0.771. The largest absolute Gasteiger partial charge is 0.495 e. The maximum Gasteiger partial charge on any atom is 0.495 e. The number of nitrogens with two attached hydrogens (primary N) is 1. The van der Waals surface area contributed by atoms with Gasteiger partial charge in [-0.25, -0.2) is 4.39 Å². The van der Waals surface area contributed by atoms with Gasteiger partial charge in [-0.15, -0.1) is 12.4 Å². The van der Waals surface area contributed by atoms with Crippen LogP contribution in [0.25, 0.3) is 0 Å². The van der Waals surface area contributed by atoms with Crippen LogP contribution in [0.3, 0.4) is 0 Å². The average molecular weight is 261 g/mol. The number of benzene rings is 1. The van der Waals surface area contributed by atoms with Crippen LogP contribution in [0.4, 0.5) is 4.39 Å². The molecular formula is C10H14BClFNO3. The summed E-state index contributed by atoms with van der Waals surface area (Å²) in [5, 5.41) is 9.69. The smallest absolute Gasteiger partial charge is 0.494 e. The van der Waals surface area contributed by atoms with Gasteiger partial charge in [-0.2, -0.15) is 0 Å². The standard InChI is InChI=1S/C10H13BFNO3.ClH/c1-2-15-7-4-3-6(12)9-8(5-13)16-11(14)10(7)9;/h3-4,8,14H,2,5,13H2,1H3;1H/t8-;/m1./s1. The molecule has 1 aromatic rings. The van der Waals surface area contributed by atoms with Crippen LogP contribution >= 0.6 is 12.4 Å². The maximum atomic E-state index is 13.6. The Balaban J connectivity index is 0.00000144. The summed E-state index contributed by atoms with van der Waals surface area (Å²) >= 11 is 0. The van der Waals surface area contributed by atoms with Crippen LogP contribution in [0.2, 0.25) is 0 Å². The minimum absolute atomic E-state index is 0. The molecule has 0 aromatic heterocycles. The fraction of sp³-hybridized carbons (Fsp3) is 0.400. The Hall–Kier alpha value is -0.815. The monoisotopic (exact) mass is 261 g/mol. The molecule has 3 N–H and O–H groups in total. The second-order valence-electron chi connectivity index (χ2n) is 3.52. The molecule has 0 bridgehead atoms. The molecule has 1 aliphatic heterocycles. The number of halogens is 2. The van der Waals surface area contributed by atoms with Crippen molar-refractivity contribution in [1.29, 1.82) is 0 Å². The normalized spacial score (nSPS) is 17.6. The Morgan fingerprint density at radius 2 is 2.29 bits per heavy atom. The summed E-state index contributed by atoms with van der Waals surface area (Å²) < 4.78 is 24.1. The number of hydrogen-bond donors (Lipinski definition) is 2. The van der Waals surface area contributed by atoms with E-state index in [0.717, 1.165) is 0 Å². The van der Waals surface area contributed by atoms with Gasteiger partial charge >= 0.3 is 7.12 Å². The van der Waals surface area contributed by atoms with Gasteiger partial charge in [0, 0.05) is 17.6 Å². The van der Waals surface area contributed by atoms with Crippen molar-refractivity contribution in [3.05, 3.63) is 23.5 Å². The number of ether oxygens (including phenoxy) is 1. The molecule has 1 aliphatic rings. The van der Waals surface area contributed by atoms with E-state index in [1.807, 2.05) is 6.92 Å². The second kappa shape index (κ2) is 5.68. The first-order valence-electron chi connectivity index (χ1n) is 5.17. The van der Waals surface area contributed by atoms with Crippen molar-refractivity contribution in [2.45, 2.75) is 13.0 Å². The van der Waals surface area contributed by atoms with Crippen LogP contribution in [0.1, 0.15) is 18.6 Å². The molecule has 4 nitrogen and oxygen atoms in total. The van der Waals surface area contributed by atoms with Crippen LogP contribution in [-0.2, 0) is 4.65 Å². The van der Waals surface area contributed by atoms with Gasteiger partial charge in [0.2, 0.25) is 0 Å². The predicted molar refractivity (Wildman–Crippen MR) is 65.3 cm³/mol. The van der Waals surface area contributed by atoms with Gasteiger partial charge in [-0.05, 0) is 19.1 Å². The summed E-state index contributed by atoms with van der Waals surface area (Å²) in [6.07, 6.45) is -0.606. The molecule has 1 atom stereocenters. The highest BCUT2D eigenvalue weighted by atomic mass is 35.5. The molecule has 0 spiro atoms. The van der Waals surface area contributed by atoms with E-state index < -0.39 is 19.0 Å². The molecule has 0 saturated heterocycles. The van der Waals surface area contributed by atoms with E-state index in [2.05, 4.69) is 0 Å². The molecule has 0 radical (unpaired) electrons. The Bertz CT molecular complexity index is 407. The van der Waals surface area contributed by atoms with Gasteiger partial charge in [0.25, 0.3) is 0 Å². The molecule has 7 heteroatoms. The second-order valence-corrected chi connectivity index (χ2v) is 3.52. The van der Waals surface area contributed by atoms with Gasteiger partial charge in [0.05, 0.1) is 12.7 Å². The summed E-state index contributed by atoms with van der Waals surface area (Å²) in [5.41, 5.74) is 6.13. The van der Waals surface area contributed by atoms with Gasteiger partial charge in [-0.1, -0.05) is 0 Å². The van der Waals surface area contributed by atoms with Crippen molar-refractivity contribution in [3.63, 3.8) is 0 Å². The lowest BCUT2D eigenvalue weighted by atomic mass is 9.78. The van der Waals surface area contributed by atoms with E-state index in [-0.39, 0.29) is 19.0 Å². The number of rotatable bonds is 3. The van der Waals surface area contributed by atoms with Gasteiger partial charge in [-0.3, -0.25) is 0 Å². The average Bonchev–Trinajstić information content (AvgIpc) is 2.61. The molecule has 0 unspecified atom stereocenters. The topological polar surface area (TPSA) is 64.7 Å². The lowest BCUT2D eigenvalue weighted by Crippen LogP contribution is -2.30. The predicted octanol–water partition coefficient (Wildman–Crippen LogP) is 0.364. The van der Waals surface area contributed by atoms with Gasteiger partial charge < -0.3 is 20.1 Å². The molecule has 17 heavy (non-hydrogen) atoms. The van der Waals surface area contributed by atoms with Crippen molar-refractivity contribution < 1.29 is 18.8 Å². The van der Waals surface area contributed by atoms with Crippen LogP contribution in [-0.4, -0.2) is 25.3 Å². The van der Waals surface area contributed by atoms with Gasteiger partial charge in [0.15, 0.2) is 0 Å². The minimum atomic E-state index is -1.17. The van der Waals surface area contributed by atoms with E-state index >= 15 is 0 Å². The first kappa shape index (κ1) is 14.2. The first-order valence-corrected chi connectivity index (χ1v) is 5.17. The van der Waals surface area contributed by atoms with Crippen molar-refractivity contribution in [2.24, 2.45) is 5.73 Å². The Morgan fingerprint density at radius 3 is 2.88 bits per heavy atom. The van der Waals surface area contributed by atoms with E-state index in [9.17, 15) is 9.41 Å². The van der Waals surface area contributed by atoms with Crippen molar-refractivity contribution in [1.82, 2.24) is 0 Å². The third-order valence-electron chi connectivity index (χ3n) is 2.57. The summed E-state index contributed by atoms with van der Waals surface area (Å²) in [5.74, 6) is 0.0211. The molecule has 1 aromatic carbocycles. The highest BCUT2D eigenvalue weighted by Crippen LogP contribution is 2.29. The highest BCUT2D eigenvalue weighted by molar-refractivity contribution is 6.62. The number of fused-ring (bicyclic) bond motifs is 1.